The quantitative estimate of drug-likeness (QED) is 0.658. The van der Waals surface area contributed by atoms with Crippen molar-refractivity contribution in [1.82, 2.24) is 4.90 Å². The van der Waals surface area contributed by atoms with Gasteiger partial charge in [0.2, 0.25) is 0 Å². The van der Waals surface area contributed by atoms with E-state index in [4.69, 9.17) is 10.4 Å². The van der Waals surface area contributed by atoms with Gasteiger partial charge in [-0.2, -0.15) is 5.26 Å². The van der Waals surface area contributed by atoms with E-state index in [1.54, 1.807) is 6.07 Å². The molecular weight excluding hydrogens is 184 g/mol. The van der Waals surface area contributed by atoms with Crippen LogP contribution in [0, 0.1) is 11.3 Å². The maximum Gasteiger partial charge on any atom is 0.408 e. The van der Waals surface area contributed by atoms with Gasteiger partial charge in [-0.25, -0.2) is 4.79 Å². The summed E-state index contributed by atoms with van der Waals surface area (Å²) in [5.74, 6) is -0.353. The molecule has 0 aliphatic carbocycles. The predicted molar refractivity (Wildman–Crippen MR) is 47.5 cm³/mol. The van der Waals surface area contributed by atoms with Crippen molar-refractivity contribution < 1.29 is 14.7 Å². The van der Waals surface area contributed by atoms with Gasteiger partial charge in [0.1, 0.15) is 0 Å². The van der Waals surface area contributed by atoms with Crippen molar-refractivity contribution in [2.45, 2.75) is 18.9 Å². The first-order valence-corrected chi connectivity index (χ1v) is 4.12. The Morgan fingerprint density at radius 1 is 1.71 bits per heavy atom. The van der Waals surface area contributed by atoms with Gasteiger partial charge in [-0.3, -0.25) is 9.69 Å². The normalized spacial score (nSPS) is 20.6. The van der Waals surface area contributed by atoms with Crippen LogP contribution in [0.4, 0.5) is 4.79 Å². The maximum absolute atomic E-state index is 11.3. The molecule has 0 saturated carbocycles. The van der Waals surface area contributed by atoms with E-state index in [0.717, 1.165) is 4.90 Å². The Balaban J connectivity index is 2.77. The molecule has 0 radical (unpaired) electrons. The Bertz CT molecular complexity index is 329. The minimum Gasteiger partial charge on any atom is -0.465 e. The van der Waals surface area contributed by atoms with Crippen molar-refractivity contribution in [3.8, 4) is 6.07 Å². The van der Waals surface area contributed by atoms with Gasteiger partial charge in [-0.15, -0.1) is 0 Å². The maximum atomic E-state index is 11.3. The number of hydrogen-bond donors (Lipinski definition) is 1. The van der Waals surface area contributed by atoms with E-state index >= 15 is 0 Å². The fraction of sp³-hybridized carbons (Fsp3) is 0.444. The topological polar surface area (TPSA) is 81.4 Å². The third kappa shape index (κ3) is 1.91. The van der Waals surface area contributed by atoms with Gasteiger partial charge >= 0.3 is 6.09 Å². The lowest BCUT2D eigenvalue weighted by Crippen LogP contribution is -2.39. The molecule has 1 aliphatic rings. The Morgan fingerprint density at radius 2 is 2.36 bits per heavy atom. The van der Waals surface area contributed by atoms with Gasteiger partial charge < -0.3 is 5.11 Å². The van der Waals surface area contributed by atoms with Gasteiger partial charge in [0.05, 0.1) is 18.5 Å². The van der Waals surface area contributed by atoms with Crippen molar-refractivity contribution in [1.29, 1.82) is 5.26 Å². The van der Waals surface area contributed by atoms with Crippen LogP contribution in [-0.2, 0) is 4.79 Å². The molecule has 1 rings (SSSR count). The highest BCUT2D eigenvalue weighted by Gasteiger charge is 2.35. The summed E-state index contributed by atoms with van der Waals surface area (Å²) in [7, 11) is 0. The van der Waals surface area contributed by atoms with Crippen LogP contribution in [0.5, 0.6) is 0 Å². The number of likely N-dealkylation sites (tertiary alicyclic amines) is 1. The van der Waals surface area contributed by atoms with Crippen LogP contribution >= 0.6 is 0 Å². The molecule has 1 N–H and O–H groups in total. The molecule has 1 amide bonds. The second kappa shape index (κ2) is 3.92. The van der Waals surface area contributed by atoms with Crippen LogP contribution in [0.15, 0.2) is 12.2 Å². The largest absolute Gasteiger partial charge is 0.465 e. The number of ketones is 1. The lowest BCUT2D eigenvalue weighted by molar-refractivity contribution is -0.121. The minimum atomic E-state index is -1.14. The molecule has 1 saturated heterocycles. The summed E-state index contributed by atoms with van der Waals surface area (Å²) in [4.78, 5) is 23.1. The van der Waals surface area contributed by atoms with Gasteiger partial charge in [0.25, 0.3) is 0 Å². The average molecular weight is 194 g/mol. The summed E-state index contributed by atoms with van der Waals surface area (Å²) in [5.41, 5.74) is 0.712. The zero-order valence-electron chi connectivity index (χ0n) is 7.56. The number of carbonyl (C=O) groups excluding carboxylic acids is 1. The van der Waals surface area contributed by atoms with Gasteiger partial charge in [0, 0.05) is 6.54 Å². The third-order valence-corrected chi connectivity index (χ3v) is 2.12. The average Bonchev–Trinajstić information content (AvgIpc) is 2.48. The van der Waals surface area contributed by atoms with Crippen molar-refractivity contribution in [3.05, 3.63) is 12.2 Å². The first kappa shape index (κ1) is 10.3. The lowest BCUT2D eigenvalue weighted by Gasteiger charge is -2.18. The summed E-state index contributed by atoms with van der Waals surface area (Å²) < 4.78 is 0. The summed E-state index contributed by atoms with van der Waals surface area (Å²) in [6.07, 6.45) is -1.05. The summed E-state index contributed by atoms with van der Waals surface area (Å²) in [6, 6.07) is 1.01. The van der Waals surface area contributed by atoms with E-state index < -0.39 is 12.1 Å². The molecule has 0 unspecified atom stereocenters. The molecule has 1 heterocycles. The van der Waals surface area contributed by atoms with Crippen molar-refractivity contribution >= 4 is 11.9 Å². The summed E-state index contributed by atoms with van der Waals surface area (Å²) >= 11 is 0. The number of carboxylic acid groups (broad SMARTS) is 1. The molecule has 0 aromatic carbocycles. The second-order valence-electron chi connectivity index (χ2n) is 3.18. The monoisotopic (exact) mass is 194 g/mol. The standard InChI is InChI=1S/C9H10N2O3/c1-6-4-7(8(12)2-3-10)11(5-6)9(13)14/h7H,1-2,4-5H2,(H,13,14)/t7-/m0/s1. The minimum absolute atomic E-state index is 0.192. The number of rotatable bonds is 2. The molecule has 0 aromatic rings. The SMILES string of the molecule is C=C1C[C@@H](C(=O)CC#N)N(C(=O)O)C1. The van der Waals surface area contributed by atoms with Crippen LogP contribution in [0.25, 0.3) is 0 Å². The Hall–Kier alpha value is -1.83. The molecule has 0 spiro atoms. The fourth-order valence-electron chi connectivity index (χ4n) is 1.48. The molecule has 74 valence electrons. The first-order chi connectivity index (χ1) is 6.56. The van der Waals surface area contributed by atoms with E-state index in [0.29, 0.717) is 12.0 Å². The zero-order chi connectivity index (χ0) is 10.7. The molecule has 1 fully saturated rings. The highest BCUT2D eigenvalue weighted by atomic mass is 16.4. The Kier molecular flexibility index (Phi) is 2.87. The Morgan fingerprint density at radius 3 is 2.86 bits per heavy atom. The lowest BCUT2D eigenvalue weighted by atomic mass is 10.1. The highest BCUT2D eigenvalue weighted by molar-refractivity contribution is 5.89. The molecule has 1 atom stereocenters. The second-order valence-corrected chi connectivity index (χ2v) is 3.18. The van der Waals surface area contributed by atoms with Gasteiger partial charge in [-0.05, 0) is 6.42 Å². The first-order valence-electron chi connectivity index (χ1n) is 4.12. The number of nitriles is 1. The number of carbonyl (C=O) groups is 2. The smallest absolute Gasteiger partial charge is 0.408 e. The van der Waals surface area contributed by atoms with E-state index in [1.807, 2.05) is 0 Å². The van der Waals surface area contributed by atoms with Crippen LogP contribution in [0.2, 0.25) is 0 Å². The molecule has 5 heteroatoms. The zero-order valence-corrected chi connectivity index (χ0v) is 7.56. The van der Waals surface area contributed by atoms with E-state index in [-0.39, 0.29) is 18.7 Å². The van der Waals surface area contributed by atoms with E-state index in [2.05, 4.69) is 6.58 Å². The van der Waals surface area contributed by atoms with E-state index in [9.17, 15) is 9.59 Å². The van der Waals surface area contributed by atoms with Crippen molar-refractivity contribution in [3.63, 3.8) is 0 Å². The summed E-state index contributed by atoms with van der Waals surface area (Å²) in [5, 5.41) is 17.1. The molecule has 14 heavy (non-hydrogen) atoms. The predicted octanol–water partition coefficient (Wildman–Crippen LogP) is 0.778. The van der Waals surface area contributed by atoms with E-state index in [1.165, 1.54) is 0 Å². The van der Waals surface area contributed by atoms with Crippen LogP contribution in [0.1, 0.15) is 12.8 Å². The molecule has 1 aliphatic heterocycles. The number of Topliss-reactive ketones (excluding diaryl/α,β-unsaturated/α-hetero) is 1. The molecule has 0 bridgehead atoms. The number of nitrogens with zero attached hydrogens (tertiary/aromatic N) is 2. The number of hydrogen-bond acceptors (Lipinski definition) is 3. The number of amides is 1. The van der Waals surface area contributed by atoms with Crippen LogP contribution in [-0.4, -0.2) is 34.5 Å². The fourth-order valence-corrected chi connectivity index (χ4v) is 1.48. The highest BCUT2D eigenvalue weighted by Crippen LogP contribution is 2.22. The van der Waals surface area contributed by atoms with Gasteiger partial charge in [0.15, 0.2) is 5.78 Å². The van der Waals surface area contributed by atoms with Crippen molar-refractivity contribution in [2.24, 2.45) is 0 Å². The molecular formula is C9H10N2O3. The molecule has 0 aromatic heterocycles. The van der Waals surface area contributed by atoms with Crippen LogP contribution < -0.4 is 0 Å². The van der Waals surface area contributed by atoms with Crippen LogP contribution in [0.3, 0.4) is 0 Å². The van der Waals surface area contributed by atoms with Gasteiger partial charge in [-0.1, -0.05) is 12.2 Å². The third-order valence-electron chi connectivity index (χ3n) is 2.12. The summed E-state index contributed by atoms with van der Waals surface area (Å²) in [6.45, 7) is 3.83. The Labute approximate surface area is 81.2 Å². The molecule has 5 nitrogen and oxygen atoms in total. The van der Waals surface area contributed by atoms with Crippen molar-refractivity contribution in [2.75, 3.05) is 6.54 Å².